The molecule has 0 unspecified atom stereocenters. The Balaban J connectivity index is 1.61. The fourth-order valence-corrected chi connectivity index (χ4v) is 3.70. The van der Waals surface area contributed by atoms with E-state index in [0.717, 1.165) is 22.3 Å². The summed E-state index contributed by atoms with van der Waals surface area (Å²) >= 11 is 0. The Morgan fingerprint density at radius 3 is 1.91 bits per heavy atom. The number of methoxy groups -OCH3 is 3. The highest BCUT2D eigenvalue weighted by Crippen LogP contribution is 2.40. The second kappa shape index (κ2) is 9.51. The summed E-state index contributed by atoms with van der Waals surface area (Å²) in [5.41, 5.74) is 4.06. The van der Waals surface area contributed by atoms with E-state index in [1.54, 1.807) is 27.5 Å². The molecule has 1 aromatic heterocycles. The summed E-state index contributed by atoms with van der Waals surface area (Å²) < 4.78 is 22.7. The molecule has 0 aliphatic heterocycles. The Morgan fingerprint density at radius 2 is 1.26 bits per heavy atom. The van der Waals surface area contributed by atoms with Crippen LogP contribution in [0.15, 0.2) is 66.9 Å². The summed E-state index contributed by atoms with van der Waals surface area (Å²) in [6, 6.07) is 19.7. The predicted octanol–water partition coefficient (Wildman–Crippen LogP) is 7.09. The van der Waals surface area contributed by atoms with Crippen molar-refractivity contribution in [2.75, 3.05) is 26.6 Å². The second-order valence-corrected chi connectivity index (χ2v) is 8.95. The zero-order chi connectivity index (χ0) is 24.3. The van der Waals surface area contributed by atoms with Crippen molar-refractivity contribution >= 4 is 22.3 Å². The van der Waals surface area contributed by atoms with Gasteiger partial charge in [0.25, 0.3) is 0 Å². The van der Waals surface area contributed by atoms with Gasteiger partial charge in [-0.25, -0.2) is 0 Å². The van der Waals surface area contributed by atoms with Crippen LogP contribution in [0.25, 0.3) is 10.9 Å². The van der Waals surface area contributed by atoms with Crippen LogP contribution in [0.1, 0.15) is 26.3 Å². The van der Waals surface area contributed by atoms with Gasteiger partial charge in [-0.05, 0) is 47.4 Å². The van der Waals surface area contributed by atoms with E-state index >= 15 is 0 Å². The van der Waals surface area contributed by atoms with Crippen molar-refractivity contribution in [1.82, 2.24) is 4.98 Å². The van der Waals surface area contributed by atoms with Gasteiger partial charge >= 0.3 is 0 Å². The molecule has 0 spiro atoms. The molecule has 1 heterocycles. The summed E-state index contributed by atoms with van der Waals surface area (Å²) in [6.07, 6.45) is 1.70. The monoisotopic (exact) mass is 458 g/mol. The van der Waals surface area contributed by atoms with Crippen LogP contribution >= 0.6 is 0 Å². The average Bonchev–Trinajstić information content (AvgIpc) is 2.84. The number of pyridine rings is 1. The number of nitrogens with one attached hydrogen (secondary N) is 1. The van der Waals surface area contributed by atoms with Gasteiger partial charge in [0.15, 0.2) is 23.0 Å². The van der Waals surface area contributed by atoms with Gasteiger partial charge in [-0.2, -0.15) is 0 Å². The number of nitrogens with zero attached hydrogens (tertiary/aromatic N) is 1. The molecule has 0 saturated heterocycles. The fraction of sp³-hybridized carbons (Fsp3) is 0.250. The highest BCUT2D eigenvalue weighted by Gasteiger charge is 2.15. The van der Waals surface area contributed by atoms with Crippen molar-refractivity contribution in [2.24, 2.45) is 0 Å². The molecular formula is C28H30N2O4. The molecule has 6 heteroatoms. The molecule has 3 aromatic carbocycles. The molecule has 34 heavy (non-hydrogen) atoms. The van der Waals surface area contributed by atoms with E-state index < -0.39 is 0 Å². The van der Waals surface area contributed by atoms with Crippen LogP contribution in [-0.2, 0) is 5.41 Å². The zero-order valence-electron chi connectivity index (χ0n) is 20.4. The van der Waals surface area contributed by atoms with Gasteiger partial charge in [-0.3, -0.25) is 4.98 Å². The number of hydrogen-bond acceptors (Lipinski definition) is 6. The van der Waals surface area contributed by atoms with Crippen LogP contribution in [0.5, 0.6) is 28.7 Å². The molecule has 0 aliphatic carbocycles. The maximum Gasteiger partial charge on any atom is 0.169 e. The lowest BCUT2D eigenvalue weighted by atomic mass is 9.87. The highest BCUT2D eigenvalue weighted by atomic mass is 16.5. The molecule has 4 rings (SSSR count). The van der Waals surface area contributed by atoms with E-state index in [0.29, 0.717) is 28.7 Å². The quantitative estimate of drug-likeness (QED) is 0.319. The molecule has 0 atom stereocenters. The Morgan fingerprint density at radius 1 is 0.647 bits per heavy atom. The van der Waals surface area contributed by atoms with E-state index in [1.807, 2.05) is 36.4 Å². The normalized spacial score (nSPS) is 11.2. The van der Waals surface area contributed by atoms with Gasteiger partial charge in [-0.1, -0.05) is 32.9 Å². The fourth-order valence-electron chi connectivity index (χ4n) is 3.70. The van der Waals surface area contributed by atoms with Gasteiger partial charge in [-0.15, -0.1) is 0 Å². The Labute approximate surface area is 200 Å². The maximum absolute atomic E-state index is 6.26. The van der Waals surface area contributed by atoms with Crippen LogP contribution in [0, 0.1) is 0 Å². The van der Waals surface area contributed by atoms with E-state index in [-0.39, 0.29) is 5.41 Å². The Bertz CT molecular complexity index is 1290. The van der Waals surface area contributed by atoms with Crippen molar-refractivity contribution < 1.29 is 18.9 Å². The topological polar surface area (TPSA) is 61.8 Å². The van der Waals surface area contributed by atoms with E-state index in [2.05, 4.69) is 55.3 Å². The average molecular weight is 459 g/mol. The van der Waals surface area contributed by atoms with Crippen molar-refractivity contribution in [3.63, 3.8) is 0 Å². The molecule has 0 bridgehead atoms. The summed E-state index contributed by atoms with van der Waals surface area (Å²) in [6.45, 7) is 6.62. The lowest BCUT2D eigenvalue weighted by Crippen LogP contribution is -2.10. The molecule has 0 amide bonds. The summed E-state index contributed by atoms with van der Waals surface area (Å²) in [4.78, 5) is 4.44. The smallest absolute Gasteiger partial charge is 0.169 e. The van der Waals surface area contributed by atoms with E-state index in [1.165, 1.54) is 5.56 Å². The predicted molar refractivity (Wildman–Crippen MR) is 136 cm³/mol. The SMILES string of the molecule is COc1cc2nccc(Oc3ccc(Nc4ccc(C(C)(C)C)cc4)cc3OC)c2cc1OC. The minimum absolute atomic E-state index is 0.118. The Kier molecular flexibility index (Phi) is 6.50. The largest absolute Gasteiger partial charge is 0.493 e. The van der Waals surface area contributed by atoms with E-state index in [4.69, 9.17) is 18.9 Å². The van der Waals surface area contributed by atoms with Gasteiger partial charge < -0.3 is 24.3 Å². The van der Waals surface area contributed by atoms with Crippen molar-refractivity contribution in [2.45, 2.75) is 26.2 Å². The van der Waals surface area contributed by atoms with Crippen LogP contribution < -0.4 is 24.3 Å². The third-order valence-corrected chi connectivity index (χ3v) is 5.63. The number of rotatable bonds is 7. The van der Waals surface area contributed by atoms with Crippen LogP contribution in [0.2, 0.25) is 0 Å². The van der Waals surface area contributed by atoms with Gasteiger partial charge in [0.05, 0.1) is 26.8 Å². The van der Waals surface area contributed by atoms with Gasteiger partial charge in [0.2, 0.25) is 0 Å². The second-order valence-electron chi connectivity index (χ2n) is 8.95. The first-order valence-corrected chi connectivity index (χ1v) is 11.1. The summed E-state index contributed by atoms with van der Waals surface area (Å²) in [5.74, 6) is 3.07. The van der Waals surface area contributed by atoms with E-state index in [9.17, 15) is 0 Å². The molecule has 0 radical (unpaired) electrons. The molecule has 6 nitrogen and oxygen atoms in total. The minimum atomic E-state index is 0.118. The van der Waals surface area contributed by atoms with Crippen LogP contribution in [-0.4, -0.2) is 26.3 Å². The number of aromatic nitrogens is 1. The summed E-state index contributed by atoms with van der Waals surface area (Å²) in [7, 11) is 4.83. The lowest BCUT2D eigenvalue weighted by molar-refractivity contribution is 0.355. The summed E-state index contributed by atoms with van der Waals surface area (Å²) in [5, 5.41) is 4.24. The first kappa shape index (κ1) is 23.2. The molecule has 0 saturated carbocycles. The molecule has 1 N–H and O–H groups in total. The van der Waals surface area contributed by atoms with Crippen molar-refractivity contribution in [3.8, 4) is 28.7 Å². The first-order valence-electron chi connectivity index (χ1n) is 11.1. The number of benzene rings is 3. The molecule has 4 aromatic rings. The van der Waals surface area contributed by atoms with Gasteiger partial charge in [0, 0.05) is 35.1 Å². The van der Waals surface area contributed by atoms with Gasteiger partial charge in [0.1, 0.15) is 5.75 Å². The zero-order valence-corrected chi connectivity index (χ0v) is 20.4. The first-order chi connectivity index (χ1) is 16.3. The Hall–Kier alpha value is -3.93. The minimum Gasteiger partial charge on any atom is -0.493 e. The molecular weight excluding hydrogens is 428 g/mol. The third kappa shape index (κ3) is 4.86. The number of hydrogen-bond donors (Lipinski definition) is 1. The number of ether oxygens (including phenoxy) is 4. The molecule has 0 aliphatic rings. The highest BCUT2D eigenvalue weighted by molar-refractivity contribution is 5.88. The molecule has 0 fully saturated rings. The molecule has 176 valence electrons. The standard InChI is InChI=1S/C28H30N2O4/c1-28(2,3)18-7-9-19(10-8-18)30-20-11-12-24(25(15-20)31-4)34-23-13-14-29-22-17-27(33-6)26(32-5)16-21(22)23/h7-17,30H,1-6H3. The van der Waals surface area contributed by atoms with Crippen LogP contribution in [0.3, 0.4) is 0 Å². The lowest BCUT2D eigenvalue weighted by Gasteiger charge is -2.19. The van der Waals surface area contributed by atoms with Crippen LogP contribution in [0.4, 0.5) is 11.4 Å². The number of anilines is 2. The van der Waals surface area contributed by atoms with Crippen molar-refractivity contribution in [3.05, 3.63) is 72.4 Å². The van der Waals surface area contributed by atoms with Crippen molar-refractivity contribution in [1.29, 1.82) is 0 Å². The maximum atomic E-state index is 6.26. The third-order valence-electron chi connectivity index (χ3n) is 5.63. The number of fused-ring (bicyclic) bond motifs is 1.